The van der Waals surface area contributed by atoms with Crippen LogP contribution in [0.25, 0.3) is 0 Å². The molecular weight excluding hydrogens is 522 g/mol. The SMILES string of the molecule is Cc1cccc(C)[n+]1O.Cc1cccc(C)[n+]1O.Cc1cccc(C)[n+]1O.Cc1cccc(C)[n+]1O.[Zn+2]. The Bertz CT molecular complexity index is 1000. The molecule has 0 unspecified atom stereocenters. The molecule has 0 amide bonds. The Morgan fingerprint density at radius 2 is 0.432 bits per heavy atom. The number of hydrogen-bond acceptors (Lipinski definition) is 4. The first-order valence-corrected chi connectivity index (χ1v) is 11.6. The van der Waals surface area contributed by atoms with E-state index in [0.717, 1.165) is 45.6 Å². The van der Waals surface area contributed by atoms with Crippen molar-refractivity contribution in [3.63, 3.8) is 0 Å². The zero-order valence-corrected chi connectivity index (χ0v) is 26.2. The van der Waals surface area contributed by atoms with Crippen LogP contribution in [-0.4, -0.2) is 20.8 Å². The second kappa shape index (κ2) is 16.2. The van der Waals surface area contributed by atoms with Gasteiger partial charge in [-0.3, -0.25) is 20.8 Å². The molecular formula is C28H40N4O4Zn+6. The summed E-state index contributed by atoms with van der Waals surface area (Å²) >= 11 is 0. The maximum Gasteiger partial charge on any atom is 2.00 e. The Labute approximate surface area is 232 Å². The molecule has 8 nitrogen and oxygen atoms in total. The van der Waals surface area contributed by atoms with Gasteiger partial charge < -0.3 is 0 Å². The molecule has 0 spiro atoms. The molecule has 0 aliphatic heterocycles. The summed E-state index contributed by atoms with van der Waals surface area (Å²) < 4.78 is 4.67. The zero-order chi connectivity index (χ0) is 27.4. The van der Waals surface area contributed by atoms with Gasteiger partial charge in [0.15, 0.2) is 0 Å². The van der Waals surface area contributed by atoms with Gasteiger partial charge in [0.25, 0.3) is 0 Å². The molecule has 0 aliphatic rings. The molecule has 192 valence electrons. The van der Waals surface area contributed by atoms with Crippen LogP contribution in [0.3, 0.4) is 0 Å². The van der Waals surface area contributed by atoms with Gasteiger partial charge in [0.1, 0.15) is 0 Å². The molecule has 4 aromatic rings. The molecule has 0 bridgehead atoms. The number of hydrogen-bond donors (Lipinski definition) is 4. The van der Waals surface area contributed by atoms with Gasteiger partial charge in [0, 0.05) is 123 Å². The van der Waals surface area contributed by atoms with Gasteiger partial charge in [-0.1, -0.05) is 0 Å². The van der Waals surface area contributed by atoms with Crippen molar-refractivity contribution >= 4 is 0 Å². The van der Waals surface area contributed by atoms with Crippen LogP contribution in [0.1, 0.15) is 45.6 Å². The molecule has 0 fully saturated rings. The van der Waals surface area contributed by atoms with Crippen LogP contribution in [0.2, 0.25) is 0 Å². The summed E-state index contributed by atoms with van der Waals surface area (Å²) in [6, 6.07) is 22.5. The summed E-state index contributed by atoms with van der Waals surface area (Å²) in [5.41, 5.74) is 6.85. The maximum atomic E-state index is 9.12. The number of pyridine rings is 4. The van der Waals surface area contributed by atoms with Gasteiger partial charge in [0.2, 0.25) is 45.6 Å². The second-order valence-electron chi connectivity index (χ2n) is 8.48. The van der Waals surface area contributed by atoms with Crippen LogP contribution in [0, 0.1) is 55.4 Å². The minimum atomic E-state index is 0. The second-order valence-corrected chi connectivity index (χ2v) is 8.48. The maximum absolute atomic E-state index is 9.12. The van der Waals surface area contributed by atoms with E-state index in [1.165, 1.54) is 18.9 Å². The molecule has 4 rings (SSSR count). The molecule has 37 heavy (non-hydrogen) atoms. The van der Waals surface area contributed by atoms with E-state index in [-0.39, 0.29) is 19.5 Å². The van der Waals surface area contributed by atoms with Gasteiger partial charge in [0.05, 0.1) is 0 Å². The van der Waals surface area contributed by atoms with E-state index in [1.807, 2.05) is 128 Å². The molecule has 0 aliphatic carbocycles. The minimum Gasteiger partial charge on any atom is -0.285 e. The monoisotopic (exact) mass is 560 g/mol. The van der Waals surface area contributed by atoms with Gasteiger partial charge in [-0.15, -0.1) is 0 Å². The van der Waals surface area contributed by atoms with Crippen molar-refractivity contribution < 1.29 is 59.2 Å². The molecule has 0 radical (unpaired) electrons. The van der Waals surface area contributed by atoms with Crippen LogP contribution in [-0.2, 0) is 19.5 Å². The Balaban J connectivity index is 0.000000463. The van der Waals surface area contributed by atoms with Crippen molar-refractivity contribution in [2.24, 2.45) is 0 Å². The first-order valence-electron chi connectivity index (χ1n) is 11.6. The first kappa shape index (κ1) is 33.4. The Morgan fingerprint density at radius 1 is 0.324 bits per heavy atom. The third-order valence-corrected chi connectivity index (χ3v) is 5.37. The van der Waals surface area contributed by atoms with Gasteiger partial charge in [-0.2, -0.15) is 0 Å². The molecule has 4 aromatic heterocycles. The van der Waals surface area contributed by atoms with Crippen molar-refractivity contribution in [1.29, 1.82) is 0 Å². The molecule has 0 aromatic carbocycles. The fraction of sp³-hybridized carbons (Fsp3) is 0.286. The minimum absolute atomic E-state index is 0. The molecule has 4 N–H and O–H groups in total. The zero-order valence-electron chi connectivity index (χ0n) is 23.2. The van der Waals surface area contributed by atoms with E-state index < -0.39 is 0 Å². The largest absolute Gasteiger partial charge is 2.00 e. The summed E-state index contributed by atoms with van der Waals surface area (Å²) in [7, 11) is 0. The number of aryl methyl sites for hydroxylation is 8. The van der Waals surface area contributed by atoms with Gasteiger partial charge in [-0.25, -0.2) is 0 Å². The van der Waals surface area contributed by atoms with Crippen molar-refractivity contribution in [3.05, 3.63) is 118 Å². The Kier molecular flexibility index (Phi) is 14.7. The summed E-state index contributed by atoms with van der Waals surface area (Å²) in [5.74, 6) is 0. The van der Waals surface area contributed by atoms with Crippen LogP contribution in [0.5, 0.6) is 0 Å². The molecule has 0 atom stereocenters. The van der Waals surface area contributed by atoms with Crippen LogP contribution in [0.4, 0.5) is 0 Å². The van der Waals surface area contributed by atoms with Crippen LogP contribution < -0.4 is 18.9 Å². The van der Waals surface area contributed by atoms with Crippen molar-refractivity contribution in [1.82, 2.24) is 0 Å². The quantitative estimate of drug-likeness (QED) is 0.150. The molecule has 4 heterocycles. The number of rotatable bonds is 0. The third kappa shape index (κ3) is 10.9. The van der Waals surface area contributed by atoms with E-state index in [2.05, 4.69) is 0 Å². The van der Waals surface area contributed by atoms with Crippen molar-refractivity contribution in [3.8, 4) is 0 Å². The third-order valence-electron chi connectivity index (χ3n) is 5.37. The average Bonchev–Trinajstić information content (AvgIpc) is 2.84. The summed E-state index contributed by atoms with van der Waals surface area (Å²) in [6.45, 7) is 14.8. The topological polar surface area (TPSA) is 96.4 Å². The molecule has 0 saturated carbocycles. The van der Waals surface area contributed by atoms with E-state index >= 15 is 0 Å². The number of nitrogens with zero attached hydrogens (tertiary/aromatic N) is 4. The van der Waals surface area contributed by atoms with E-state index in [9.17, 15) is 0 Å². The fourth-order valence-corrected chi connectivity index (χ4v) is 2.98. The molecule has 9 heteroatoms. The predicted molar refractivity (Wildman–Crippen MR) is 133 cm³/mol. The van der Waals surface area contributed by atoms with E-state index in [1.54, 1.807) is 0 Å². The van der Waals surface area contributed by atoms with Crippen molar-refractivity contribution in [2.45, 2.75) is 55.4 Å². The van der Waals surface area contributed by atoms with E-state index in [0.29, 0.717) is 0 Å². The van der Waals surface area contributed by atoms with E-state index in [4.69, 9.17) is 20.8 Å². The number of aromatic nitrogens is 4. The van der Waals surface area contributed by atoms with Gasteiger partial charge >= 0.3 is 19.5 Å². The Hall–Kier alpha value is -3.58. The first-order chi connectivity index (χ1) is 16.9. The normalized spacial score (nSPS) is 9.30. The van der Waals surface area contributed by atoms with Crippen LogP contribution >= 0.6 is 0 Å². The fourth-order valence-electron chi connectivity index (χ4n) is 2.98. The smallest absolute Gasteiger partial charge is 0.285 e. The van der Waals surface area contributed by atoms with Gasteiger partial charge in [-0.05, 0) is 24.3 Å². The molecule has 0 saturated heterocycles. The van der Waals surface area contributed by atoms with Crippen molar-refractivity contribution in [2.75, 3.05) is 0 Å². The standard InChI is InChI=1S/4C7H10NO.Zn/c4*1-6-4-3-5-7(2)8(6)9;/h4*3-5,9H,1-2H3;/q4*+1;+2. The summed E-state index contributed by atoms with van der Waals surface area (Å²) in [5, 5.41) is 36.5. The summed E-state index contributed by atoms with van der Waals surface area (Å²) in [4.78, 5) is 0. The summed E-state index contributed by atoms with van der Waals surface area (Å²) in [6.07, 6.45) is 0. The predicted octanol–water partition coefficient (Wildman–Crippen LogP) is 3.31. The Morgan fingerprint density at radius 3 is 0.514 bits per heavy atom. The average molecular weight is 562 g/mol. The van der Waals surface area contributed by atoms with Crippen LogP contribution in [0.15, 0.2) is 72.8 Å².